The van der Waals surface area contributed by atoms with E-state index in [0.29, 0.717) is 38.8 Å². The van der Waals surface area contributed by atoms with E-state index in [0.717, 1.165) is 0 Å². The van der Waals surface area contributed by atoms with Gasteiger partial charge in [-0.25, -0.2) is 17.6 Å². The SMILES string of the molecule is CC(=O)c1ccc(-c2cc(F)cc3c2O[C@H](CNC(=O)c2c(F)ccc(F)c2F)C3)s1. The average Bonchev–Trinajstić information content (AvgIpc) is 3.36. The van der Waals surface area contributed by atoms with Gasteiger partial charge in [0.05, 0.1) is 11.4 Å². The first-order valence-corrected chi connectivity index (χ1v) is 10.1. The first kappa shape index (κ1) is 21.0. The van der Waals surface area contributed by atoms with E-state index >= 15 is 0 Å². The first-order valence-electron chi connectivity index (χ1n) is 9.26. The van der Waals surface area contributed by atoms with Crippen LogP contribution in [0.4, 0.5) is 17.6 Å². The summed E-state index contributed by atoms with van der Waals surface area (Å²) in [6.07, 6.45) is -0.370. The van der Waals surface area contributed by atoms with E-state index in [9.17, 15) is 27.2 Å². The van der Waals surface area contributed by atoms with Crippen molar-refractivity contribution in [1.29, 1.82) is 0 Å². The van der Waals surface area contributed by atoms with Crippen molar-refractivity contribution in [3.63, 3.8) is 0 Å². The summed E-state index contributed by atoms with van der Waals surface area (Å²) < 4.78 is 60.9. The van der Waals surface area contributed by atoms with Gasteiger partial charge in [0.15, 0.2) is 17.4 Å². The fourth-order valence-corrected chi connectivity index (χ4v) is 4.31. The molecule has 1 aliphatic rings. The highest BCUT2D eigenvalue weighted by Crippen LogP contribution is 2.42. The number of benzene rings is 2. The summed E-state index contributed by atoms with van der Waals surface area (Å²) >= 11 is 1.21. The zero-order valence-electron chi connectivity index (χ0n) is 16.1. The van der Waals surface area contributed by atoms with Crippen molar-refractivity contribution in [3.8, 4) is 16.2 Å². The predicted octanol–water partition coefficient (Wildman–Crippen LogP) is 4.91. The number of hydrogen-bond donors (Lipinski definition) is 1. The van der Waals surface area contributed by atoms with Crippen LogP contribution in [0.3, 0.4) is 0 Å². The Labute approximate surface area is 178 Å². The predicted molar refractivity (Wildman–Crippen MR) is 106 cm³/mol. The number of carbonyl (C=O) groups excluding carboxylic acids is 2. The minimum absolute atomic E-state index is 0.109. The van der Waals surface area contributed by atoms with E-state index in [2.05, 4.69) is 5.32 Å². The zero-order valence-corrected chi connectivity index (χ0v) is 16.9. The normalized spacial score (nSPS) is 14.8. The quantitative estimate of drug-likeness (QED) is 0.342. The molecule has 0 aliphatic carbocycles. The molecule has 3 aromatic rings. The van der Waals surface area contributed by atoms with E-state index < -0.39 is 40.8 Å². The molecule has 0 spiro atoms. The molecule has 1 amide bonds. The molecule has 0 bridgehead atoms. The number of halogens is 4. The molecule has 1 N–H and O–H groups in total. The van der Waals surface area contributed by atoms with Crippen molar-refractivity contribution < 1.29 is 31.9 Å². The molecule has 1 aliphatic heterocycles. The molecule has 0 radical (unpaired) electrons. The molecule has 4 rings (SSSR count). The number of amides is 1. The number of rotatable bonds is 5. The Morgan fingerprint density at radius 3 is 2.55 bits per heavy atom. The number of nitrogens with one attached hydrogen (secondary N) is 1. The fraction of sp³-hybridized carbons (Fsp3) is 0.182. The van der Waals surface area contributed by atoms with Gasteiger partial charge in [0.25, 0.3) is 5.91 Å². The summed E-state index contributed by atoms with van der Waals surface area (Å²) in [4.78, 5) is 24.9. The standard InChI is InChI=1S/C22H15F4NO3S/c1-10(28)17-4-5-18(31-17)14-8-12(23)6-11-7-13(30-21(11)14)9-27-22(29)19-15(24)2-3-16(25)20(19)26/h2-6,8,13H,7,9H2,1H3,(H,27,29)/t13-/m0/s1. The molecule has 4 nitrogen and oxygen atoms in total. The highest BCUT2D eigenvalue weighted by molar-refractivity contribution is 7.17. The second-order valence-corrected chi connectivity index (χ2v) is 8.12. The van der Waals surface area contributed by atoms with Crippen LogP contribution in [0.1, 0.15) is 32.5 Å². The van der Waals surface area contributed by atoms with Gasteiger partial charge in [-0.3, -0.25) is 9.59 Å². The summed E-state index contributed by atoms with van der Waals surface area (Å²) in [6, 6.07) is 7.22. The lowest BCUT2D eigenvalue weighted by Crippen LogP contribution is -2.35. The maximum atomic E-state index is 14.2. The van der Waals surface area contributed by atoms with E-state index in [-0.39, 0.29) is 18.7 Å². The van der Waals surface area contributed by atoms with Gasteiger partial charge in [0, 0.05) is 22.4 Å². The van der Waals surface area contributed by atoms with Gasteiger partial charge in [0.2, 0.25) is 0 Å². The monoisotopic (exact) mass is 449 g/mol. The van der Waals surface area contributed by atoms with Crippen LogP contribution < -0.4 is 10.1 Å². The van der Waals surface area contributed by atoms with Gasteiger partial charge in [-0.05, 0) is 43.3 Å². The molecule has 31 heavy (non-hydrogen) atoms. The third-order valence-electron chi connectivity index (χ3n) is 4.84. The maximum Gasteiger partial charge on any atom is 0.257 e. The van der Waals surface area contributed by atoms with E-state index in [1.54, 1.807) is 12.1 Å². The van der Waals surface area contributed by atoms with Crippen molar-refractivity contribution in [2.75, 3.05) is 6.54 Å². The van der Waals surface area contributed by atoms with Crippen LogP contribution in [-0.2, 0) is 6.42 Å². The van der Waals surface area contributed by atoms with Gasteiger partial charge in [0.1, 0.15) is 29.1 Å². The lowest BCUT2D eigenvalue weighted by molar-refractivity contribution is 0.0923. The van der Waals surface area contributed by atoms with Crippen LogP contribution in [-0.4, -0.2) is 24.3 Å². The Morgan fingerprint density at radius 2 is 1.84 bits per heavy atom. The number of hydrogen-bond acceptors (Lipinski definition) is 4. The smallest absolute Gasteiger partial charge is 0.257 e. The topological polar surface area (TPSA) is 55.4 Å². The first-order chi connectivity index (χ1) is 14.7. The van der Waals surface area contributed by atoms with Gasteiger partial charge in [-0.2, -0.15) is 0 Å². The van der Waals surface area contributed by atoms with Crippen molar-refractivity contribution in [2.24, 2.45) is 0 Å². The molecule has 2 aromatic carbocycles. The zero-order chi connectivity index (χ0) is 22.3. The number of thiophene rings is 1. The molecule has 9 heteroatoms. The lowest BCUT2D eigenvalue weighted by Gasteiger charge is -2.14. The molecule has 1 atom stereocenters. The summed E-state index contributed by atoms with van der Waals surface area (Å²) in [5.41, 5.74) is 0.0243. The highest BCUT2D eigenvalue weighted by Gasteiger charge is 2.29. The van der Waals surface area contributed by atoms with E-state index in [1.165, 1.54) is 30.4 Å². The third kappa shape index (κ3) is 4.05. The summed E-state index contributed by atoms with van der Waals surface area (Å²) in [7, 11) is 0. The highest BCUT2D eigenvalue weighted by atomic mass is 32.1. The molecular weight excluding hydrogens is 434 g/mol. The molecule has 0 unspecified atom stereocenters. The number of carbonyl (C=O) groups is 2. The Hall–Kier alpha value is -3.20. The lowest BCUT2D eigenvalue weighted by atomic mass is 10.0. The molecule has 160 valence electrons. The van der Waals surface area contributed by atoms with Crippen molar-refractivity contribution in [3.05, 3.63) is 75.7 Å². The molecule has 0 fully saturated rings. The van der Waals surface area contributed by atoms with Gasteiger partial charge < -0.3 is 10.1 Å². The van der Waals surface area contributed by atoms with Crippen LogP contribution in [0.25, 0.3) is 10.4 Å². The van der Waals surface area contributed by atoms with Gasteiger partial charge >= 0.3 is 0 Å². The Morgan fingerprint density at radius 1 is 1.10 bits per heavy atom. The Bertz CT molecular complexity index is 1210. The van der Waals surface area contributed by atoms with Crippen molar-refractivity contribution in [1.82, 2.24) is 5.32 Å². The van der Waals surface area contributed by atoms with Crippen LogP contribution in [0, 0.1) is 23.3 Å². The van der Waals surface area contributed by atoms with Gasteiger partial charge in [-0.1, -0.05) is 0 Å². The molecule has 0 saturated heterocycles. The van der Waals surface area contributed by atoms with E-state index in [4.69, 9.17) is 4.74 Å². The molecule has 2 heterocycles. The summed E-state index contributed by atoms with van der Waals surface area (Å²) in [5.74, 6) is -5.39. The van der Waals surface area contributed by atoms with Crippen LogP contribution >= 0.6 is 11.3 Å². The second-order valence-electron chi connectivity index (χ2n) is 7.03. The molecule has 1 aromatic heterocycles. The van der Waals surface area contributed by atoms with Crippen LogP contribution in [0.2, 0.25) is 0 Å². The average molecular weight is 449 g/mol. The second kappa shape index (κ2) is 8.14. The molecule has 0 saturated carbocycles. The van der Waals surface area contributed by atoms with E-state index in [1.807, 2.05) is 0 Å². The van der Waals surface area contributed by atoms with Crippen molar-refractivity contribution >= 4 is 23.0 Å². The minimum Gasteiger partial charge on any atom is -0.487 e. The number of ether oxygens (including phenoxy) is 1. The summed E-state index contributed by atoms with van der Waals surface area (Å²) in [6.45, 7) is 1.30. The number of Topliss-reactive ketones (excluding diaryl/α,β-unsaturated/α-hetero) is 1. The van der Waals surface area contributed by atoms with Crippen LogP contribution in [0.15, 0.2) is 36.4 Å². The maximum absolute atomic E-state index is 14.2. The van der Waals surface area contributed by atoms with Crippen molar-refractivity contribution in [2.45, 2.75) is 19.4 Å². The molecular formula is C22H15F4NO3S. The Balaban J connectivity index is 1.52. The largest absolute Gasteiger partial charge is 0.487 e. The Kier molecular flexibility index (Phi) is 5.53. The minimum atomic E-state index is -1.57. The number of fused-ring (bicyclic) bond motifs is 1. The number of ketones is 1. The fourth-order valence-electron chi connectivity index (χ4n) is 3.39. The van der Waals surface area contributed by atoms with Gasteiger partial charge in [-0.15, -0.1) is 11.3 Å². The summed E-state index contributed by atoms with van der Waals surface area (Å²) in [5, 5.41) is 2.33. The third-order valence-corrected chi connectivity index (χ3v) is 6.06. The van der Waals surface area contributed by atoms with Crippen LogP contribution in [0.5, 0.6) is 5.75 Å².